The van der Waals surface area contributed by atoms with E-state index in [1.165, 1.54) is 0 Å². The first-order chi connectivity index (χ1) is 5.40. The summed E-state index contributed by atoms with van der Waals surface area (Å²) >= 11 is 0. The van der Waals surface area contributed by atoms with Gasteiger partial charge in [-0.3, -0.25) is 4.79 Å². The highest BCUT2D eigenvalue weighted by molar-refractivity contribution is 5.73. The van der Waals surface area contributed by atoms with Crippen LogP contribution < -0.4 is 0 Å². The van der Waals surface area contributed by atoms with Gasteiger partial charge in [0.1, 0.15) is 0 Å². The van der Waals surface area contributed by atoms with Gasteiger partial charge >= 0.3 is 5.97 Å². The molecule has 0 aromatic rings. The molecular formula is C9H18O3. The molecule has 0 amide bonds. The number of carboxylic acids is 1. The number of aliphatic carboxylic acids is 1. The number of ether oxygens (including phenoxy) is 1. The maximum atomic E-state index is 10.6. The fraction of sp³-hybridized carbons (Fsp3) is 0.889. The molecule has 1 N–H and O–H groups in total. The molecule has 0 aliphatic carbocycles. The zero-order valence-corrected chi connectivity index (χ0v) is 8.26. The van der Waals surface area contributed by atoms with Crippen molar-refractivity contribution in [3.8, 4) is 0 Å². The normalized spacial score (nSPS) is 14.3. The Morgan fingerprint density at radius 1 is 1.58 bits per heavy atom. The molecule has 0 bridgehead atoms. The number of carbonyl (C=O) groups is 1. The van der Waals surface area contributed by atoms with Crippen molar-refractivity contribution >= 4 is 5.97 Å². The first-order valence-electron chi connectivity index (χ1n) is 4.25. The summed E-state index contributed by atoms with van der Waals surface area (Å²) < 4.78 is 5.34. The monoisotopic (exact) mass is 174 g/mol. The van der Waals surface area contributed by atoms with E-state index < -0.39 is 11.4 Å². The summed E-state index contributed by atoms with van der Waals surface area (Å²) in [7, 11) is 0. The Balaban J connectivity index is 3.83. The Labute approximate surface area is 73.7 Å². The molecule has 0 spiro atoms. The molecule has 3 heteroatoms. The van der Waals surface area contributed by atoms with Gasteiger partial charge in [0.15, 0.2) is 0 Å². The van der Waals surface area contributed by atoms with Crippen LogP contribution in [0.5, 0.6) is 0 Å². The predicted octanol–water partition coefficient (Wildman–Crippen LogP) is 1.91. The molecule has 0 aromatic carbocycles. The molecule has 0 aromatic heterocycles. The summed E-state index contributed by atoms with van der Waals surface area (Å²) in [4.78, 5) is 10.6. The first-order valence-corrected chi connectivity index (χ1v) is 4.25. The standard InChI is InChI=1S/C9H18O3/c1-5-7(2)12-6-9(3,4)8(10)11/h7H,5-6H2,1-4H3,(H,10,11). The van der Waals surface area contributed by atoms with E-state index in [4.69, 9.17) is 9.84 Å². The van der Waals surface area contributed by atoms with E-state index in [2.05, 4.69) is 0 Å². The molecule has 3 nitrogen and oxygen atoms in total. The van der Waals surface area contributed by atoms with Crippen molar-refractivity contribution in [2.24, 2.45) is 5.41 Å². The van der Waals surface area contributed by atoms with E-state index in [1.807, 2.05) is 13.8 Å². The Bertz CT molecular complexity index is 152. The van der Waals surface area contributed by atoms with Gasteiger partial charge < -0.3 is 9.84 Å². The summed E-state index contributed by atoms with van der Waals surface area (Å²) in [5.74, 6) is -0.814. The fourth-order valence-electron chi connectivity index (χ4n) is 0.530. The van der Waals surface area contributed by atoms with Gasteiger partial charge in [-0.15, -0.1) is 0 Å². The van der Waals surface area contributed by atoms with Gasteiger partial charge in [0.25, 0.3) is 0 Å². The van der Waals surface area contributed by atoms with Gasteiger partial charge in [-0.05, 0) is 27.2 Å². The summed E-state index contributed by atoms with van der Waals surface area (Å²) in [6, 6.07) is 0. The van der Waals surface area contributed by atoms with Gasteiger partial charge in [0.2, 0.25) is 0 Å². The van der Waals surface area contributed by atoms with Crippen molar-refractivity contribution in [1.82, 2.24) is 0 Å². The Morgan fingerprint density at radius 3 is 2.42 bits per heavy atom. The number of rotatable bonds is 5. The average Bonchev–Trinajstić information content (AvgIpc) is 2.00. The number of carboxylic acid groups (broad SMARTS) is 1. The Hall–Kier alpha value is -0.570. The highest BCUT2D eigenvalue weighted by Crippen LogP contribution is 2.16. The van der Waals surface area contributed by atoms with Crippen LogP contribution in [0.2, 0.25) is 0 Å². The molecule has 0 fully saturated rings. The van der Waals surface area contributed by atoms with Crippen LogP contribution in [0.25, 0.3) is 0 Å². The lowest BCUT2D eigenvalue weighted by Gasteiger charge is -2.21. The minimum Gasteiger partial charge on any atom is -0.481 e. The summed E-state index contributed by atoms with van der Waals surface area (Å²) in [5.41, 5.74) is -0.774. The molecule has 0 heterocycles. The lowest BCUT2D eigenvalue weighted by atomic mass is 9.95. The smallest absolute Gasteiger partial charge is 0.311 e. The Kier molecular flexibility index (Phi) is 4.24. The van der Waals surface area contributed by atoms with E-state index in [0.29, 0.717) is 0 Å². The van der Waals surface area contributed by atoms with Crippen LogP contribution in [0.15, 0.2) is 0 Å². The summed E-state index contributed by atoms with van der Waals surface area (Å²) in [5, 5.41) is 8.75. The van der Waals surface area contributed by atoms with Gasteiger partial charge in [0.05, 0.1) is 18.1 Å². The van der Waals surface area contributed by atoms with Crippen molar-refractivity contribution in [3.63, 3.8) is 0 Å². The molecular weight excluding hydrogens is 156 g/mol. The van der Waals surface area contributed by atoms with Crippen LogP contribution in [0.3, 0.4) is 0 Å². The van der Waals surface area contributed by atoms with Crippen LogP contribution in [0.1, 0.15) is 34.1 Å². The first kappa shape index (κ1) is 11.4. The van der Waals surface area contributed by atoms with E-state index in [-0.39, 0.29) is 12.7 Å². The molecule has 0 radical (unpaired) electrons. The topological polar surface area (TPSA) is 46.5 Å². The average molecular weight is 174 g/mol. The SMILES string of the molecule is CCC(C)OCC(C)(C)C(=O)O. The predicted molar refractivity (Wildman–Crippen MR) is 47.1 cm³/mol. The molecule has 1 unspecified atom stereocenters. The van der Waals surface area contributed by atoms with Gasteiger partial charge in [-0.1, -0.05) is 6.92 Å². The minimum absolute atomic E-state index is 0.142. The number of hydrogen-bond donors (Lipinski definition) is 1. The van der Waals surface area contributed by atoms with Gasteiger partial charge in [-0.25, -0.2) is 0 Å². The van der Waals surface area contributed by atoms with E-state index >= 15 is 0 Å². The third-order valence-corrected chi connectivity index (χ3v) is 1.88. The molecule has 0 rings (SSSR count). The molecule has 0 saturated carbocycles. The lowest BCUT2D eigenvalue weighted by Crippen LogP contribution is -2.30. The molecule has 72 valence electrons. The molecule has 0 saturated heterocycles. The van der Waals surface area contributed by atoms with Crippen molar-refractivity contribution < 1.29 is 14.6 Å². The lowest BCUT2D eigenvalue weighted by molar-refractivity contribution is -0.151. The van der Waals surface area contributed by atoms with Crippen LogP contribution in [-0.4, -0.2) is 23.8 Å². The quantitative estimate of drug-likeness (QED) is 0.692. The fourth-order valence-corrected chi connectivity index (χ4v) is 0.530. The van der Waals surface area contributed by atoms with Crippen molar-refractivity contribution in [2.75, 3.05) is 6.61 Å². The zero-order valence-electron chi connectivity index (χ0n) is 8.26. The molecule has 1 atom stereocenters. The van der Waals surface area contributed by atoms with E-state index in [9.17, 15) is 4.79 Å². The second-order valence-corrected chi connectivity index (χ2v) is 3.72. The van der Waals surface area contributed by atoms with Crippen LogP contribution in [0.4, 0.5) is 0 Å². The van der Waals surface area contributed by atoms with Crippen LogP contribution >= 0.6 is 0 Å². The maximum absolute atomic E-state index is 10.6. The van der Waals surface area contributed by atoms with Gasteiger partial charge in [-0.2, -0.15) is 0 Å². The molecule has 12 heavy (non-hydrogen) atoms. The maximum Gasteiger partial charge on any atom is 0.311 e. The highest BCUT2D eigenvalue weighted by atomic mass is 16.5. The van der Waals surface area contributed by atoms with E-state index in [0.717, 1.165) is 6.42 Å². The molecule has 0 aliphatic rings. The minimum atomic E-state index is -0.814. The van der Waals surface area contributed by atoms with Crippen molar-refractivity contribution in [1.29, 1.82) is 0 Å². The van der Waals surface area contributed by atoms with Crippen LogP contribution in [0, 0.1) is 5.41 Å². The van der Waals surface area contributed by atoms with E-state index in [1.54, 1.807) is 13.8 Å². The largest absolute Gasteiger partial charge is 0.481 e. The van der Waals surface area contributed by atoms with Gasteiger partial charge in [0, 0.05) is 0 Å². The van der Waals surface area contributed by atoms with Crippen molar-refractivity contribution in [3.05, 3.63) is 0 Å². The zero-order chi connectivity index (χ0) is 9.78. The summed E-state index contributed by atoms with van der Waals surface area (Å²) in [6.07, 6.45) is 1.05. The number of hydrogen-bond acceptors (Lipinski definition) is 2. The third-order valence-electron chi connectivity index (χ3n) is 1.88. The van der Waals surface area contributed by atoms with Crippen molar-refractivity contribution in [2.45, 2.75) is 40.2 Å². The Morgan fingerprint density at radius 2 is 2.08 bits per heavy atom. The summed E-state index contributed by atoms with van der Waals surface area (Å²) in [6.45, 7) is 7.56. The van der Waals surface area contributed by atoms with Crippen LogP contribution in [-0.2, 0) is 9.53 Å². The highest BCUT2D eigenvalue weighted by Gasteiger charge is 2.27. The molecule has 0 aliphatic heterocycles. The third kappa shape index (κ3) is 3.72. The second-order valence-electron chi connectivity index (χ2n) is 3.72. The second kappa shape index (κ2) is 4.45.